The molecule has 0 bridgehead atoms. The largest absolute Gasteiger partial charge is 0.494 e. The smallest absolute Gasteiger partial charge is 0.276 e. The number of rotatable bonds is 10. The van der Waals surface area contributed by atoms with Crippen molar-refractivity contribution in [3.63, 3.8) is 0 Å². The Labute approximate surface area is 224 Å². The van der Waals surface area contributed by atoms with E-state index in [2.05, 4.69) is 0 Å². The van der Waals surface area contributed by atoms with Crippen LogP contribution in [0.5, 0.6) is 17.2 Å². The van der Waals surface area contributed by atoms with Crippen molar-refractivity contribution in [2.24, 2.45) is 0 Å². The van der Waals surface area contributed by atoms with E-state index >= 15 is 0 Å². The zero-order valence-corrected chi connectivity index (χ0v) is 21.8. The summed E-state index contributed by atoms with van der Waals surface area (Å²) in [5.41, 5.74) is 1.85. The van der Waals surface area contributed by atoms with Crippen LogP contribution in [0.2, 0.25) is 0 Å². The minimum atomic E-state index is -0.436. The van der Waals surface area contributed by atoms with Crippen molar-refractivity contribution in [3.8, 4) is 17.2 Å². The van der Waals surface area contributed by atoms with Crippen LogP contribution in [0, 0.1) is 10.1 Å². The van der Waals surface area contributed by atoms with Crippen molar-refractivity contribution in [2.45, 2.75) is 20.5 Å². The average Bonchev–Trinajstić information content (AvgIpc) is 3.17. The first-order chi connectivity index (χ1) is 17.9. The number of nitro groups is 1. The van der Waals surface area contributed by atoms with E-state index < -0.39 is 4.92 Å². The lowest BCUT2D eigenvalue weighted by Crippen LogP contribution is -2.27. The highest BCUT2D eigenvalue weighted by atomic mass is 32.2. The molecule has 0 N–H and O–H groups in total. The maximum absolute atomic E-state index is 13.2. The van der Waals surface area contributed by atoms with E-state index in [1.807, 2.05) is 13.8 Å². The van der Waals surface area contributed by atoms with Gasteiger partial charge in [-0.3, -0.25) is 19.8 Å². The molecule has 1 fully saturated rings. The number of carbonyl (C=O) groups excluding carboxylic acids is 1. The summed E-state index contributed by atoms with van der Waals surface area (Å²) < 4.78 is 17.5. The van der Waals surface area contributed by atoms with Gasteiger partial charge < -0.3 is 14.2 Å². The molecule has 0 unspecified atom stereocenters. The molecule has 10 heteroatoms. The number of thiocarbonyl (C=S) groups is 1. The maximum atomic E-state index is 13.2. The summed E-state index contributed by atoms with van der Waals surface area (Å²) in [7, 11) is 0. The number of benzene rings is 3. The van der Waals surface area contributed by atoms with Gasteiger partial charge in [0, 0.05) is 6.07 Å². The molecule has 0 saturated carbocycles. The lowest BCUT2D eigenvalue weighted by Gasteiger charge is -2.15. The average molecular weight is 537 g/mol. The lowest BCUT2D eigenvalue weighted by molar-refractivity contribution is -0.385. The zero-order chi connectivity index (χ0) is 26.4. The summed E-state index contributed by atoms with van der Waals surface area (Å²) in [6.07, 6.45) is 1.75. The summed E-state index contributed by atoms with van der Waals surface area (Å²) in [6, 6.07) is 18.9. The fourth-order valence-electron chi connectivity index (χ4n) is 3.67. The number of thioether (sulfide) groups is 1. The van der Waals surface area contributed by atoms with Crippen LogP contribution in [-0.2, 0) is 11.4 Å². The first-order valence-electron chi connectivity index (χ1n) is 11.5. The molecule has 1 aliphatic heterocycles. The molecule has 1 saturated heterocycles. The first kappa shape index (κ1) is 26.2. The Kier molecular flexibility index (Phi) is 8.42. The minimum Gasteiger partial charge on any atom is -0.494 e. The SMILES string of the molecule is CCOc1ccc(N2C(=O)/C(=C\c3ccc(OCc4ccccc4[N+](=O)[O-])c(OCC)c3)SC2=S)cc1. The van der Waals surface area contributed by atoms with E-state index in [-0.39, 0.29) is 18.2 Å². The molecule has 0 aromatic heterocycles. The van der Waals surface area contributed by atoms with Crippen molar-refractivity contribution >= 4 is 51.7 Å². The highest BCUT2D eigenvalue weighted by molar-refractivity contribution is 8.27. The molecule has 8 nitrogen and oxygen atoms in total. The van der Waals surface area contributed by atoms with Crippen LogP contribution in [-0.4, -0.2) is 28.4 Å². The fraction of sp³-hybridized carbons (Fsp3) is 0.185. The first-order valence-corrected chi connectivity index (χ1v) is 12.8. The van der Waals surface area contributed by atoms with Gasteiger partial charge in [0.05, 0.1) is 34.3 Å². The van der Waals surface area contributed by atoms with E-state index in [0.29, 0.717) is 45.2 Å². The van der Waals surface area contributed by atoms with Gasteiger partial charge in [-0.25, -0.2) is 0 Å². The highest BCUT2D eigenvalue weighted by Crippen LogP contribution is 2.38. The van der Waals surface area contributed by atoms with Gasteiger partial charge in [0.1, 0.15) is 12.4 Å². The predicted molar refractivity (Wildman–Crippen MR) is 148 cm³/mol. The fourth-order valence-corrected chi connectivity index (χ4v) is 4.97. The number of nitro benzene ring substituents is 1. The molecule has 0 radical (unpaired) electrons. The topological polar surface area (TPSA) is 91.1 Å². The lowest BCUT2D eigenvalue weighted by atomic mass is 10.1. The normalized spacial score (nSPS) is 14.2. The van der Waals surface area contributed by atoms with Crippen LogP contribution in [0.4, 0.5) is 11.4 Å². The van der Waals surface area contributed by atoms with Gasteiger partial charge in [-0.05, 0) is 68.0 Å². The molecule has 1 amide bonds. The molecule has 1 heterocycles. The summed E-state index contributed by atoms with van der Waals surface area (Å²) in [5, 5.41) is 11.3. The molecular formula is C27H24N2O6S2. The highest BCUT2D eigenvalue weighted by Gasteiger charge is 2.33. The molecule has 3 aromatic rings. The Balaban J connectivity index is 1.54. The van der Waals surface area contributed by atoms with Crippen molar-refractivity contribution in [3.05, 3.63) is 92.9 Å². The Morgan fingerprint density at radius 2 is 1.70 bits per heavy atom. The standard InChI is InChI=1S/C27H24N2O6S2/c1-3-33-21-12-10-20(11-13-21)28-26(30)25(37-27(28)36)16-18-9-14-23(24(15-18)34-4-2)35-17-19-7-5-6-8-22(19)29(31)32/h5-16H,3-4,17H2,1-2H3/b25-16+. The van der Waals surface area contributed by atoms with Crippen molar-refractivity contribution in [1.29, 1.82) is 0 Å². The van der Waals surface area contributed by atoms with Crippen LogP contribution in [0.3, 0.4) is 0 Å². The molecule has 190 valence electrons. The molecule has 4 rings (SSSR count). The number of ether oxygens (including phenoxy) is 3. The van der Waals surface area contributed by atoms with E-state index in [9.17, 15) is 14.9 Å². The second-order valence-corrected chi connectivity index (χ2v) is 9.43. The second kappa shape index (κ2) is 11.9. The summed E-state index contributed by atoms with van der Waals surface area (Å²) in [4.78, 5) is 26.0. The van der Waals surface area contributed by atoms with Gasteiger partial charge in [-0.2, -0.15) is 0 Å². The number of hydrogen-bond acceptors (Lipinski definition) is 8. The van der Waals surface area contributed by atoms with Gasteiger partial charge in [0.15, 0.2) is 15.8 Å². The van der Waals surface area contributed by atoms with E-state index in [1.165, 1.54) is 22.7 Å². The van der Waals surface area contributed by atoms with Gasteiger partial charge in [0.2, 0.25) is 0 Å². The number of hydrogen-bond donors (Lipinski definition) is 0. The number of anilines is 1. The monoisotopic (exact) mass is 536 g/mol. The molecule has 3 aromatic carbocycles. The van der Waals surface area contributed by atoms with Gasteiger partial charge in [-0.1, -0.05) is 42.2 Å². The van der Waals surface area contributed by atoms with Crippen LogP contribution < -0.4 is 19.1 Å². The third kappa shape index (κ3) is 6.10. The van der Waals surface area contributed by atoms with Gasteiger partial charge in [0.25, 0.3) is 11.6 Å². The summed E-state index contributed by atoms with van der Waals surface area (Å²) in [6.45, 7) is 4.72. The van der Waals surface area contributed by atoms with E-state index in [1.54, 1.807) is 66.7 Å². The molecule has 0 aliphatic carbocycles. The predicted octanol–water partition coefficient (Wildman–Crippen LogP) is 6.38. The second-order valence-electron chi connectivity index (χ2n) is 7.76. The van der Waals surface area contributed by atoms with Crippen LogP contribution >= 0.6 is 24.0 Å². The Morgan fingerprint density at radius 1 is 0.973 bits per heavy atom. The number of nitrogens with zero attached hydrogens (tertiary/aromatic N) is 2. The number of amides is 1. The third-order valence-electron chi connectivity index (χ3n) is 5.34. The van der Waals surface area contributed by atoms with Crippen molar-refractivity contribution < 1.29 is 23.9 Å². The van der Waals surface area contributed by atoms with E-state index in [4.69, 9.17) is 26.4 Å². The Hall–Kier alpha value is -3.89. The molecular weight excluding hydrogens is 512 g/mol. The Morgan fingerprint density at radius 3 is 2.41 bits per heavy atom. The Bertz CT molecular complexity index is 1360. The van der Waals surface area contributed by atoms with Gasteiger partial charge >= 0.3 is 0 Å². The molecule has 0 spiro atoms. The molecule has 0 atom stereocenters. The summed E-state index contributed by atoms with van der Waals surface area (Å²) >= 11 is 6.70. The quantitative estimate of drug-likeness (QED) is 0.128. The maximum Gasteiger partial charge on any atom is 0.276 e. The van der Waals surface area contributed by atoms with Crippen LogP contribution in [0.15, 0.2) is 71.6 Å². The number of carbonyl (C=O) groups is 1. The van der Waals surface area contributed by atoms with Crippen molar-refractivity contribution in [1.82, 2.24) is 0 Å². The molecule has 37 heavy (non-hydrogen) atoms. The zero-order valence-electron chi connectivity index (χ0n) is 20.2. The van der Waals surface area contributed by atoms with Crippen LogP contribution in [0.25, 0.3) is 6.08 Å². The van der Waals surface area contributed by atoms with Crippen molar-refractivity contribution in [2.75, 3.05) is 18.1 Å². The van der Waals surface area contributed by atoms with E-state index in [0.717, 1.165) is 11.3 Å². The third-order valence-corrected chi connectivity index (χ3v) is 6.64. The minimum absolute atomic E-state index is 0.00774. The van der Waals surface area contributed by atoms with Crippen LogP contribution in [0.1, 0.15) is 25.0 Å². The molecule has 1 aliphatic rings. The van der Waals surface area contributed by atoms with Gasteiger partial charge in [-0.15, -0.1) is 0 Å². The number of para-hydroxylation sites is 1. The summed E-state index contributed by atoms with van der Waals surface area (Å²) in [5.74, 6) is 1.42.